The summed E-state index contributed by atoms with van der Waals surface area (Å²) in [6.45, 7) is 0. The number of aromatic hydroxyl groups is 1. The third-order valence-corrected chi connectivity index (χ3v) is 5.56. The molecule has 8 heteroatoms. The van der Waals surface area contributed by atoms with Gasteiger partial charge in [-0.3, -0.25) is 9.36 Å². The van der Waals surface area contributed by atoms with Crippen molar-refractivity contribution in [3.63, 3.8) is 0 Å². The van der Waals surface area contributed by atoms with E-state index in [2.05, 4.69) is 10.3 Å². The number of thioether (sulfide) groups is 1. The van der Waals surface area contributed by atoms with Gasteiger partial charge in [0.1, 0.15) is 12.1 Å². The molecule has 2 heterocycles. The molecular formula is C19H16FN3O3S. The number of phenols is 1. The minimum Gasteiger partial charge on any atom is -0.504 e. The van der Waals surface area contributed by atoms with Gasteiger partial charge in [0.05, 0.1) is 23.8 Å². The average Bonchev–Trinajstić information content (AvgIpc) is 2.99. The highest BCUT2D eigenvalue weighted by Gasteiger charge is 2.29. The Kier molecular flexibility index (Phi) is 4.49. The Balaban J connectivity index is 1.87. The van der Waals surface area contributed by atoms with Crippen molar-refractivity contribution in [1.82, 2.24) is 9.55 Å². The number of benzene rings is 2. The summed E-state index contributed by atoms with van der Waals surface area (Å²) >= 11 is 1.45. The molecule has 1 atom stereocenters. The lowest BCUT2D eigenvalue weighted by atomic mass is 10.1. The summed E-state index contributed by atoms with van der Waals surface area (Å²) in [5.74, 6) is 0.651. The molecule has 0 spiro atoms. The monoisotopic (exact) mass is 385 g/mol. The lowest BCUT2D eigenvalue weighted by Gasteiger charge is -2.19. The molecule has 1 amide bonds. The van der Waals surface area contributed by atoms with Gasteiger partial charge in [-0.25, -0.2) is 9.37 Å². The Bertz CT molecular complexity index is 1000. The highest BCUT2D eigenvalue weighted by atomic mass is 32.2. The van der Waals surface area contributed by atoms with Crippen LogP contribution < -0.4 is 10.1 Å². The van der Waals surface area contributed by atoms with Crippen LogP contribution in [0, 0.1) is 5.82 Å². The smallest absolute Gasteiger partial charge is 0.235 e. The minimum atomic E-state index is -0.326. The predicted octanol–water partition coefficient (Wildman–Crippen LogP) is 3.50. The molecule has 2 N–H and O–H groups in total. The number of methoxy groups -OCH3 is 1. The average molecular weight is 385 g/mol. The number of rotatable bonds is 3. The van der Waals surface area contributed by atoms with Gasteiger partial charge in [0, 0.05) is 5.69 Å². The fourth-order valence-electron chi connectivity index (χ4n) is 3.03. The van der Waals surface area contributed by atoms with Crippen LogP contribution >= 0.6 is 11.8 Å². The standard InChI is InChI=1S/C19H16FN3O3S/c1-26-15-8-11(2-7-14(15)24)18-17-19(22-16(25)9-27-18)21-10-23(17)13-5-3-12(20)4-6-13/h2-8,10,18,24H,9H2,1H3,(H,22,25). The lowest BCUT2D eigenvalue weighted by molar-refractivity contribution is -0.113. The van der Waals surface area contributed by atoms with Crippen LogP contribution in [0.4, 0.5) is 10.2 Å². The zero-order valence-electron chi connectivity index (χ0n) is 14.3. The van der Waals surface area contributed by atoms with Crippen LogP contribution in [0.5, 0.6) is 11.5 Å². The number of fused-ring (bicyclic) bond motifs is 1. The molecule has 0 radical (unpaired) electrons. The van der Waals surface area contributed by atoms with E-state index in [-0.39, 0.29) is 28.5 Å². The van der Waals surface area contributed by atoms with Crippen molar-refractivity contribution in [2.24, 2.45) is 0 Å². The molecule has 27 heavy (non-hydrogen) atoms. The summed E-state index contributed by atoms with van der Waals surface area (Å²) in [5.41, 5.74) is 2.36. The highest BCUT2D eigenvalue weighted by molar-refractivity contribution is 8.00. The predicted molar refractivity (Wildman–Crippen MR) is 101 cm³/mol. The summed E-state index contributed by atoms with van der Waals surface area (Å²) in [6.07, 6.45) is 1.61. The molecule has 1 unspecified atom stereocenters. The molecule has 138 valence electrons. The molecule has 4 rings (SSSR count). The van der Waals surface area contributed by atoms with E-state index in [0.29, 0.717) is 11.6 Å². The molecule has 1 aromatic heterocycles. The van der Waals surface area contributed by atoms with Crippen LogP contribution in [0.2, 0.25) is 0 Å². The fraction of sp³-hybridized carbons (Fsp3) is 0.158. The number of anilines is 1. The Hall–Kier alpha value is -3.00. The molecule has 2 aromatic carbocycles. The number of nitrogens with zero attached hydrogens (tertiary/aromatic N) is 2. The molecule has 6 nitrogen and oxygen atoms in total. The first-order chi connectivity index (χ1) is 13.1. The number of hydrogen-bond donors (Lipinski definition) is 2. The SMILES string of the molecule is COc1cc(C2SCC(=O)Nc3ncn(-c4ccc(F)cc4)c32)ccc1O. The van der Waals surface area contributed by atoms with Gasteiger partial charge in [0.15, 0.2) is 17.3 Å². The first-order valence-electron chi connectivity index (χ1n) is 8.18. The number of carbonyl (C=O) groups excluding carboxylic acids is 1. The summed E-state index contributed by atoms with van der Waals surface area (Å²) in [7, 11) is 1.48. The second-order valence-corrected chi connectivity index (χ2v) is 7.09. The maximum absolute atomic E-state index is 13.3. The third kappa shape index (κ3) is 3.23. The number of imidazole rings is 1. The number of phenolic OH excluding ortho intramolecular Hbond substituents is 1. The second kappa shape index (κ2) is 6.96. The van der Waals surface area contributed by atoms with Crippen molar-refractivity contribution in [3.05, 3.63) is 65.9 Å². The molecule has 0 saturated carbocycles. The molecule has 0 aliphatic carbocycles. The molecule has 0 saturated heterocycles. The van der Waals surface area contributed by atoms with E-state index in [0.717, 1.165) is 16.9 Å². The van der Waals surface area contributed by atoms with E-state index in [1.165, 1.54) is 31.0 Å². The summed E-state index contributed by atoms with van der Waals surface area (Å²) in [6, 6.07) is 11.2. The van der Waals surface area contributed by atoms with Gasteiger partial charge in [-0.2, -0.15) is 0 Å². The fourth-order valence-corrected chi connectivity index (χ4v) is 4.14. The Morgan fingerprint density at radius 2 is 2.07 bits per heavy atom. The third-order valence-electron chi connectivity index (χ3n) is 4.30. The van der Waals surface area contributed by atoms with Crippen molar-refractivity contribution < 1.29 is 19.0 Å². The zero-order chi connectivity index (χ0) is 19.0. The van der Waals surface area contributed by atoms with Gasteiger partial charge in [-0.1, -0.05) is 6.07 Å². The van der Waals surface area contributed by atoms with Gasteiger partial charge >= 0.3 is 0 Å². The number of halogens is 1. The van der Waals surface area contributed by atoms with Crippen molar-refractivity contribution >= 4 is 23.5 Å². The number of nitrogens with one attached hydrogen (secondary N) is 1. The molecule has 0 fully saturated rings. The van der Waals surface area contributed by atoms with E-state index in [9.17, 15) is 14.3 Å². The van der Waals surface area contributed by atoms with Gasteiger partial charge in [0.25, 0.3) is 0 Å². The topological polar surface area (TPSA) is 76.4 Å². The lowest BCUT2D eigenvalue weighted by Crippen LogP contribution is -2.12. The summed E-state index contributed by atoms with van der Waals surface area (Å²) in [5, 5.41) is 12.5. The number of carbonyl (C=O) groups is 1. The van der Waals surface area contributed by atoms with Crippen LogP contribution in [0.15, 0.2) is 48.8 Å². The Morgan fingerprint density at radius 1 is 1.30 bits per heavy atom. The van der Waals surface area contributed by atoms with Crippen molar-refractivity contribution in [1.29, 1.82) is 0 Å². The molecule has 1 aliphatic rings. The number of hydrogen-bond acceptors (Lipinski definition) is 5. The van der Waals surface area contributed by atoms with E-state index >= 15 is 0 Å². The maximum atomic E-state index is 13.3. The van der Waals surface area contributed by atoms with Crippen LogP contribution in [0.25, 0.3) is 5.69 Å². The number of amides is 1. The van der Waals surface area contributed by atoms with E-state index in [4.69, 9.17) is 4.74 Å². The van der Waals surface area contributed by atoms with E-state index in [1.54, 1.807) is 36.7 Å². The zero-order valence-corrected chi connectivity index (χ0v) is 15.2. The summed E-state index contributed by atoms with van der Waals surface area (Å²) in [4.78, 5) is 16.4. The minimum absolute atomic E-state index is 0.0429. The van der Waals surface area contributed by atoms with Gasteiger partial charge < -0.3 is 15.2 Å². The van der Waals surface area contributed by atoms with Crippen LogP contribution in [0.3, 0.4) is 0 Å². The normalized spacial score (nSPS) is 16.4. The first kappa shape index (κ1) is 17.4. The van der Waals surface area contributed by atoms with Crippen LogP contribution in [0.1, 0.15) is 16.5 Å². The Morgan fingerprint density at radius 3 is 2.81 bits per heavy atom. The molecular weight excluding hydrogens is 369 g/mol. The highest BCUT2D eigenvalue weighted by Crippen LogP contribution is 2.43. The van der Waals surface area contributed by atoms with Crippen molar-refractivity contribution in [2.45, 2.75) is 5.25 Å². The Labute approximate surface area is 159 Å². The largest absolute Gasteiger partial charge is 0.504 e. The van der Waals surface area contributed by atoms with Crippen molar-refractivity contribution in [2.75, 3.05) is 18.2 Å². The first-order valence-corrected chi connectivity index (χ1v) is 9.23. The number of aromatic nitrogens is 2. The molecule has 0 bridgehead atoms. The second-order valence-electron chi connectivity index (χ2n) is 6.00. The maximum Gasteiger partial charge on any atom is 0.235 e. The van der Waals surface area contributed by atoms with Crippen LogP contribution in [-0.2, 0) is 4.79 Å². The quantitative estimate of drug-likeness (QED) is 0.722. The molecule has 1 aliphatic heterocycles. The van der Waals surface area contributed by atoms with Crippen molar-refractivity contribution in [3.8, 4) is 17.2 Å². The van der Waals surface area contributed by atoms with Gasteiger partial charge in [-0.15, -0.1) is 11.8 Å². The molecule has 3 aromatic rings. The van der Waals surface area contributed by atoms with Crippen LogP contribution in [-0.4, -0.2) is 33.4 Å². The summed E-state index contributed by atoms with van der Waals surface area (Å²) < 4.78 is 20.4. The number of ether oxygens (including phenoxy) is 1. The van der Waals surface area contributed by atoms with Gasteiger partial charge in [0.2, 0.25) is 5.91 Å². The van der Waals surface area contributed by atoms with E-state index in [1.807, 2.05) is 4.57 Å². The van der Waals surface area contributed by atoms with Gasteiger partial charge in [-0.05, 0) is 42.0 Å². The van der Waals surface area contributed by atoms with E-state index < -0.39 is 0 Å².